The van der Waals surface area contributed by atoms with Crippen molar-refractivity contribution < 1.29 is 27.1 Å². The van der Waals surface area contributed by atoms with Crippen molar-refractivity contribution >= 4 is 25.7 Å². The maximum atomic E-state index is 12.0. The van der Waals surface area contributed by atoms with Crippen molar-refractivity contribution in [1.29, 1.82) is 0 Å². The van der Waals surface area contributed by atoms with Gasteiger partial charge in [0.25, 0.3) is 0 Å². The van der Waals surface area contributed by atoms with Crippen molar-refractivity contribution in [3.63, 3.8) is 0 Å². The van der Waals surface area contributed by atoms with E-state index in [1.165, 1.54) is 0 Å². The van der Waals surface area contributed by atoms with Crippen LogP contribution in [0.25, 0.3) is 0 Å². The zero-order chi connectivity index (χ0) is 9.28. The molecule has 0 atom stereocenters. The normalized spacial score (nSPS) is 13.0. The van der Waals surface area contributed by atoms with Gasteiger partial charge in [0.05, 0.1) is 0 Å². The Balaban J connectivity index is 4.51. The molecule has 0 heterocycles. The Kier molecular flexibility index (Phi) is 2.79. The second-order valence-corrected chi connectivity index (χ2v) is 4.47. The van der Waals surface area contributed by atoms with Crippen LogP contribution in [0.3, 0.4) is 0 Å². The van der Waals surface area contributed by atoms with Crippen molar-refractivity contribution in [2.75, 3.05) is 5.75 Å². The molecule has 0 saturated heterocycles. The highest BCUT2D eigenvalue weighted by molar-refractivity contribution is 8.13. The lowest BCUT2D eigenvalue weighted by atomic mass is 10.4. The van der Waals surface area contributed by atoms with Crippen molar-refractivity contribution in [2.45, 2.75) is 5.92 Å². The zero-order valence-electron chi connectivity index (χ0n) is 4.92. The van der Waals surface area contributed by atoms with Gasteiger partial charge in [-0.1, -0.05) is 0 Å². The standard InChI is InChI=1S/C3H3ClF2O4S/c4-11(9,10)1-3(5,6)2(7)8/h1H2,(H,7,8). The predicted molar refractivity (Wildman–Crippen MR) is 32.2 cm³/mol. The largest absolute Gasteiger partial charge is 0.477 e. The fourth-order valence-corrected chi connectivity index (χ4v) is 1.25. The number of halogens is 3. The first-order valence-electron chi connectivity index (χ1n) is 2.19. The van der Waals surface area contributed by atoms with E-state index in [-0.39, 0.29) is 0 Å². The number of aliphatic carboxylic acids is 1. The highest BCUT2D eigenvalue weighted by atomic mass is 35.7. The molecule has 0 aliphatic carbocycles. The van der Waals surface area contributed by atoms with Crippen LogP contribution in [0.4, 0.5) is 8.78 Å². The third-order valence-corrected chi connectivity index (χ3v) is 1.70. The zero-order valence-corrected chi connectivity index (χ0v) is 6.49. The fourth-order valence-electron chi connectivity index (χ4n) is 0.278. The van der Waals surface area contributed by atoms with Crippen LogP contribution >= 0.6 is 10.7 Å². The summed E-state index contributed by atoms with van der Waals surface area (Å²) in [6.07, 6.45) is 0. The molecule has 1 N–H and O–H groups in total. The second-order valence-electron chi connectivity index (χ2n) is 1.69. The van der Waals surface area contributed by atoms with E-state index in [2.05, 4.69) is 10.7 Å². The molecule has 0 saturated carbocycles. The van der Waals surface area contributed by atoms with Gasteiger partial charge >= 0.3 is 11.9 Å². The van der Waals surface area contributed by atoms with Gasteiger partial charge in [0.2, 0.25) is 9.05 Å². The summed E-state index contributed by atoms with van der Waals surface area (Å²) >= 11 is 0. The first-order valence-corrected chi connectivity index (χ1v) is 4.66. The maximum Gasteiger partial charge on any atom is 0.375 e. The topological polar surface area (TPSA) is 71.4 Å². The number of carboxylic acid groups (broad SMARTS) is 1. The van der Waals surface area contributed by atoms with Crippen LogP contribution in [0.15, 0.2) is 0 Å². The van der Waals surface area contributed by atoms with Gasteiger partial charge in [0.1, 0.15) is 5.75 Å². The Morgan fingerprint density at radius 2 is 1.91 bits per heavy atom. The average molecular weight is 209 g/mol. The minimum absolute atomic E-state index is 1.89. The highest BCUT2D eigenvalue weighted by Crippen LogP contribution is 2.18. The molecule has 4 nitrogen and oxygen atoms in total. The lowest BCUT2D eigenvalue weighted by Crippen LogP contribution is -2.34. The van der Waals surface area contributed by atoms with Crippen LogP contribution in [0.2, 0.25) is 0 Å². The Morgan fingerprint density at radius 1 is 1.55 bits per heavy atom. The van der Waals surface area contributed by atoms with Crippen molar-refractivity contribution in [2.24, 2.45) is 0 Å². The van der Waals surface area contributed by atoms with E-state index in [1.807, 2.05) is 0 Å². The van der Waals surface area contributed by atoms with E-state index in [9.17, 15) is 22.0 Å². The van der Waals surface area contributed by atoms with Crippen molar-refractivity contribution in [1.82, 2.24) is 0 Å². The van der Waals surface area contributed by atoms with Gasteiger partial charge in [-0.15, -0.1) is 0 Å². The number of hydrogen-bond donors (Lipinski definition) is 1. The minimum atomic E-state index is -4.49. The highest BCUT2D eigenvalue weighted by Gasteiger charge is 2.43. The molecular formula is C3H3ClF2O4S. The van der Waals surface area contributed by atoms with Gasteiger partial charge in [0, 0.05) is 10.7 Å². The van der Waals surface area contributed by atoms with E-state index in [0.29, 0.717) is 0 Å². The Hall–Kier alpha value is -0.430. The van der Waals surface area contributed by atoms with E-state index in [1.54, 1.807) is 0 Å². The summed E-state index contributed by atoms with van der Waals surface area (Å²) in [4.78, 5) is 9.63. The summed E-state index contributed by atoms with van der Waals surface area (Å²) in [7, 11) is -0.0948. The third-order valence-electron chi connectivity index (χ3n) is 0.667. The van der Waals surface area contributed by atoms with Crippen LogP contribution in [-0.4, -0.2) is 31.2 Å². The van der Waals surface area contributed by atoms with Gasteiger partial charge in [-0.25, -0.2) is 13.2 Å². The van der Waals surface area contributed by atoms with Crippen LogP contribution in [0, 0.1) is 0 Å². The first-order chi connectivity index (χ1) is 4.65. The molecule has 0 fully saturated rings. The van der Waals surface area contributed by atoms with E-state index >= 15 is 0 Å². The molecular weight excluding hydrogens is 206 g/mol. The molecule has 11 heavy (non-hydrogen) atoms. The molecule has 0 unspecified atom stereocenters. The summed E-state index contributed by atoms with van der Waals surface area (Å²) in [5, 5.41) is 7.73. The maximum absolute atomic E-state index is 12.0. The van der Waals surface area contributed by atoms with Crippen molar-refractivity contribution in [3.8, 4) is 0 Å². The van der Waals surface area contributed by atoms with Gasteiger partial charge < -0.3 is 5.11 Å². The number of carboxylic acids is 1. The van der Waals surface area contributed by atoms with Crippen molar-refractivity contribution in [3.05, 3.63) is 0 Å². The van der Waals surface area contributed by atoms with Crippen LogP contribution in [0.1, 0.15) is 0 Å². The summed E-state index contributed by atoms with van der Waals surface area (Å²) < 4.78 is 43.9. The van der Waals surface area contributed by atoms with Crippen LogP contribution in [0.5, 0.6) is 0 Å². The molecule has 0 amide bonds. The lowest BCUT2D eigenvalue weighted by molar-refractivity contribution is -0.161. The summed E-state index contributed by atoms with van der Waals surface area (Å²) in [5.74, 6) is -8.72. The molecule has 0 rings (SSSR count). The molecule has 0 bridgehead atoms. The summed E-state index contributed by atoms with van der Waals surface area (Å²) in [6, 6.07) is 0. The molecule has 0 aromatic heterocycles. The summed E-state index contributed by atoms with van der Waals surface area (Å²) in [6.45, 7) is 0. The number of hydrogen-bond acceptors (Lipinski definition) is 3. The minimum Gasteiger partial charge on any atom is -0.477 e. The number of carbonyl (C=O) groups is 1. The smallest absolute Gasteiger partial charge is 0.375 e. The van der Waals surface area contributed by atoms with Gasteiger partial charge in [-0.2, -0.15) is 8.78 Å². The molecule has 0 aliphatic heterocycles. The lowest BCUT2D eigenvalue weighted by Gasteiger charge is -2.06. The third kappa shape index (κ3) is 4.10. The monoisotopic (exact) mass is 208 g/mol. The van der Waals surface area contributed by atoms with Crippen LogP contribution in [-0.2, 0) is 13.8 Å². The van der Waals surface area contributed by atoms with Crippen LogP contribution < -0.4 is 0 Å². The first kappa shape index (κ1) is 10.6. The second kappa shape index (κ2) is 2.90. The predicted octanol–water partition coefficient (Wildman–Crippen LogP) is 0.275. The molecule has 8 heteroatoms. The molecule has 0 radical (unpaired) electrons. The van der Waals surface area contributed by atoms with Gasteiger partial charge in [0.15, 0.2) is 0 Å². The van der Waals surface area contributed by atoms with E-state index in [0.717, 1.165) is 0 Å². The number of rotatable bonds is 3. The summed E-state index contributed by atoms with van der Waals surface area (Å²) in [5.41, 5.74) is 0. The molecule has 0 aromatic carbocycles. The van der Waals surface area contributed by atoms with Gasteiger partial charge in [-0.05, 0) is 0 Å². The molecule has 0 spiro atoms. The quantitative estimate of drug-likeness (QED) is 0.676. The molecule has 66 valence electrons. The Bertz CT molecular complexity index is 259. The molecule has 0 aliphatic rings. The van der Waals surface area contributed by atoms with Gasteiger partial charge in [-0.3, -0.25) is 0 Å². The Labute approximate surface area is 65.2 Å². The van der Waals surface area contributed by atoms with E-state index in [4.69, 9.17) is 5.11 Å². The number of alkyl halides is 2. The SMILES string of the molecule is O=C(O)C(F)(F)CS(=O)(=O)Cl. The average Bonchev–Trinajstić information content (AvgIpc) is 1.56. The van der Waals surface area contributed by atoms with E-state index < -0.39 is 26.7 Å². The fraction of sp³-hybridized carbons (Fsp3) is 0.667. The molecule has 0 aromatic rings. The Morgan fingerprint density at radius 3 is 2.00 bits per heavy atom.